The van der Waals surface area contributed by atoms with E-state index in [0.717, 1.165) is 0 Å². The quantitative estimate of drug-likeness (QED) is 0.640. The second kappa shape index (κ2) is 7.75. The molecule has 0 radical (unpaired) electrons. The molecule has 1 atom stereocenters. The van der Waals surface area contributed by atoms with Crippen LogP contribution in [0.15, 0.2) is 35.2 Å². The number of aliphatic carboxylic acids is 1. The maximum atomic E-state index is 11.9. The number of rotatable bonds is 8. The third kappa shape index (κ3) is 6.37. The number of nitrogens with one attached hydrogen (secondary N) is 2. The van der Waals surface area contributed by atoms with Crippen LogP contribution in [-0.4, -0.2) is 38.0 Å². The highest BCUT2D eigenvalue weighted by molar-refractivity contribution is 7.89. The summed E-state index contributed by atoms with van der Waals surface area (Å²) in [4.78, 5) is 22.1. The van der Waals surface area contributed by atoms with Gasteiger partial charge < -0.3 is 10.4 Å². The fraction of sp³-hybridized carbons (Fsp3) is 0.385. The highest BCUT2D eigenvalue weighted by Gasteiger charge is 2.14. The zero-order valence-corrected chi connectivity index (χ0v) is 12.4. The summed E-state index contributed by atoms with van der Waals surface area (Å²) in [5, 5.41) is 11.0. The summed E-state index contributed by atoms with van der Waals surface area (Å²) in [7, 11) is -3.63. The van der Waals surface area contributed by atoms with Gasteiger partial charge in [0.15, 0.2) is 0 Å². The molecule has 0 saturated heterocycles. The van der Waals surface area contributed by atoms with Gasteiger partial charge in [0.05, 0.1) is 11.3 Å². The Morgan fingerprint density at radius 2 is 1.86 bits per heavy atom. The first-order chi connectivity index (χ1) is 9.81. The third-order valence-corrected chi connectivity index (χ3v) is 4.06. The third-order valence-electron chi connectivity index (χ3n) is 2.59. The van der Waals surface area contributed by atoms with Gasteiger partial charge in [-0.05, 0) is 19.1 Å². The van der Waals surface area contributed by atoms with Gasteiger partial charge in [-0.2, -0.15) is 0 Å². The Morgan fingerprint density at radius 3 is 2.43 bits per heavy atom. The molecular formula is C13H18N2O5S. The standard InChI is InChI=1S/C13H18N2O5S/c1-10(9-13(17)18)15-12(16)7-8-14-21(19,20)11-5-3-2-4-6-11/h2-6,10,14H,7-9H2,1H3,(H,15,16)(H,17,18). The summed E-state index contributed by atoms with van der Waals surface area (Å²) in [6.07, 6.45) is -0.239. The van der Waals surface area contributed by atoms with E-state index in [1.165, 1.54) is 12.1 Å². The van der Waals surface area contributed by atoms with Gasteiger partial charge in [-0.3, -0.25) is 9.59 Å². The van der Waals surface area contributed by atoms with E-state index in [4.69, 9.17) is 5.11 Å². The van der Waals surface area contributed by atoms with E-state index in [1.807, 2.05) is 0 Å². The monoisotopic (exact) mass is 314 g/mol. The van der Waals surface area contributed by atoms with Crippen molar-refractivity contribution in [3.05, 3.63) is 30.3 Å². The van der Waals surface area contributed by atoms with Gasteiger partial charge >= 0.3 is 5.97 Å². The molecule has 0 heterocycles. The van der Waals surface area contributed by atoms with Crippen LogP contribution in [0, 0.1) is 0 Å². The molecule has 1 aromatic carbocycles. The van der Waals surface area contributed by atoms with Crippen molar-refractivity contribution in [1.82, 2.24) is 10.0 Å². The molecule has 1 unspecified atom stereocenters. The van der Waals surface area contributed by atoms with Crippen molar-refractivity contribution in [3.63, 3.8) is 0 Å². The Bertz CT molecular complexity index is 586. The lowest BCUT2D eigenvalue weighted by atomic mass is 10.2. The Morgan fingerprint density at radius 1 is 1.24 bits per heavy atom. The average Bonchev–Trinajstić information content (AvgIpc) is 2.38. The molecule has 21 heavy (non-hydrogen) atoms. The predicted molar refractivity (Wildman–Crippen MR) is 76.1 cm³/mol. The molecule has 1 amide bonds. The topological polar surface area (TPSA) is 113 Å². The van der Waals surface area contributed by atoms with Gasteiger partial charge in [0, 0.05) is 19.0 Å². The molecule has 8 heteroatoms. The maximum absolute atomic E-state index is 11.9. The fourth-order valence-corrected chi connectivity index (χ4v) is 2.69. The minimum atomic E-state index is -3.63. The van der Waals surface area contributed by atoms with Gasteiger partial charge in [-0.15, -0.1) is 0 Å². The number of carbonyl (C=O) groups excluding carboxylic acids is 1. The first-order valence-electron chi connectivity index (χ1n) is 6.37. The highest BCUT2D eigenvalue weighted by Crippen LogP contribution is 2.06. The van der Waals surface area contributed by atoms with Gasteiger partial charge in [-0.1, -0.05) is 18.2 Å². The number of sulfonamides is 1. The lowest BCUT2D eigenvalue weighted by molar-refractivity contribution is -0.137. The number of amides is 1. The molecule has 1 rings (SSSR count). The number of carboxylic acid groups (broad SMARTS) is 1. The van der Waals surface area contributed by atoms with Crippen molar-refractivity contribution in [1.29, 1.82) is 0 Å². The Labute approximate surface area is 123 Å². The van der Waals surface area contributed by atoms with Crippen LogP contribution in [0.2, 0.25) is 0 Å². The Hall–Kier alpha value is -1.93. The molecule has 0 aliphatic rings. The van der Waals surface area contributed by atoms with E-state index in [-0.39, 0.29) is 24.3 Å². The molecular weight excluding hydrogens is 296 g/mol. The molecule has 1 aromatic rings. The molecule has 116 valence electrons. The van der Waals surface area contributed by atoms with Crippen LogP contribution < -0.4 is 10.0 Å². The smallest absolute Gasteiger partial charge is 0.305 e. The number of benzene rings is 1. The second-order valence-corrected chi connectivity index (χ2v) is 6.29. The van der Waals surface area contributed by atoms with Crippen molar-refractivity contribution < 1.29 is 23.1 Å². The van der Waals surface area contributed by atoms with E-state index in [0.29, 0.717) is 0 Å². The minimum absolute atomic E-state index is 0.0527. The first-order valence-corrected chi connectivity index (χ1v) is 7.85. The van der Waals surface area contributed by atoms with Crippen LogP contribution in [0.5, 0.6) is 0 Å². The van der Waals surface area contributed by atoms with E-state index in [9.17, 15) is 18.0 Å². The molecule has 0 aliphatic heterocycles. The Kier molecular flexibility index (Phi) is 6.32. The van der Waals surface area contributed by atoms with Crippen LogP contribution in [0.3, 0.4) is 0 Å². The fourth-order valence-electron chi connectivity index (χ4n) is 1.64. The van der Waals surface area contributed by atoms with Crippen LogP contribution in [0.4, 0.5) is 0 Å². The van der Waals surface area contributed by atoms with Gasteiger partial charge in [0.1, 0.15) is 0 Å². The average molecular weight is 314 g/mol. The van der Waals surface area contributed by atoms with Gasteiger partial charge in [0.2, 0.25) is 15.9 Å². The van der Waals surface area contributed by atoms with E-state index in [2.05, 4.69) is 10.0 Å². The molecule has 0 spiro atoms. The van der Waals surface area contributed by atoms with Crippen molar-refractivity contribution in [2.75, 3.05) is 6.54 Å². The van der Waals surface area contributed by atoms with E-state index >= 15 is 0 Å². The summed E-state index contributed by atoms with van der Waals surface area (Å²) in [6, 6.07) is 7.33. The second-order valence-electron chi connectivity index (χ2n) is 4.53. The molecule has 0 bridgehead atoms. The first kappa shape index (κ1) is 17.1. The SMILES string of the molecule is CC(CC(=O)O)NC(=O)CCNS(=O)(=O)c1ccccc1. The molecule has 0 aliphatic carbocycles. The number of hydrogen-bond acceptors (Lipinski definition) is 4. The lowest BCUT2D eigenvalue weighted by Gasteiger charge is -2.11. The lowest BCUT2D eigenvalue weighted by Crippen LogP contribution is -2.36. The zero-order chi connectivity index (χ0) is 15.9. The van der Waals surface area contributed by atoms with Crippen LogP contribution >= 0.6 is 0 Å². The predicted octanol–water partition coefficient (Wildman–Crippen LogP) is 0.334. The minimum Gasteiger partial charge on any atom is -0.481 e. The van der Waals surface area contributed by atoms with Crippen molar-refractivity contribution in [2.45, 2.75) is 30.7 Å². The Balaban J connectivity index is 2.40. The molecule has 0 fully saturated rings. The summed E-state index contributed by atoms with van der Waals surface area (Å²) < 4.78 is 26.0. The summed E-state index contributed by atoms with van der Waals surface area (Å²) >= 11 is 0. The van der Waals surface area contributed by atoms with Crippen LogP contribution in [-0.2, 0) is 19.6 Å². The molecule has 0 aromatic heterocycles. The summed E-state index contributed by atoms with van der Waals surface area (Å²) in [6.45, 7) is 1.52. The van der Waals surface area contributed by atoms with Crippen molar-refractivity contribution in [3.8, 4) is 0 Å². The van der Waals surface area contributed by atoms with Crippen molar-refractivity contribution >= 4 is 21.9 Å². The number of carbonyl (C=O) groups is 2. The largest absolute Gasteiger partial charge is 0.481 e. The molecule has 0 saturated carbocycles. The zero-order valence-electron chi connectivity index (χ0n) is 11.6. The van der Waals surface area contributed by atoms with Gasteiger partial charge in [0.25, 0.3) is 0 Å². The number of carboxylic acids is 1. The summed E-state index contributed by atoms with van der Waals surface area (Å²) in [5.74, 6) is -1.41. The van der Waals surface area contributed by atoms with Crippen LogP contribution in [0.1, 0.15) is 19.8 Å². The molecule has 7 nitrogen and oxygen atoms in total. The van der Waals surface area contributed by atoms with Crippen LogP contribution in [0.25, 0.3) is 0 Å². The normalized spacial score (nSPS) is 12.6. The van der Waals surface area contributed by atoms with Crippen molar-refractivity contribution in [2.24, 2.45) is 0 Å². The maximum Gasteiger partial charge on any atom is 0.305 e. The molecule has 3 N–H and O–H groups in total. The summed E-state index contributed by atoms with van der Waals surface area (Å²) in [5.41, 5.74) is 0. The number of hydrogen-bond donors (Lipinski definition) is 3. The van der Waals surface area contributed by atoms with Gasteiger partial charge in [-0.25, -0.2) is 13.1 Å². The van der Waals surface area contributed by atoms with E-state index in [1.54, 1.807) is 25.1 Å². The highest BCUT2D eigenvalue weighted by atomic mass is 32.2. The van der Waals surface area contributed by atoms with E-state index < -0.39 is 27.9 Å².